The van der Waals surface area contributed by atoms with E-state index in [9.17, 15) is 4.79 Å². The van der Waals surface area contributed by atoms with Gasteiger partial charge in [-0.05, 0) is 46.2 Å². The molecule has 2 heterocycles. The molecular weight excluding hydrogens is 277 g/mol. The summed E-state index contributed by atoms with van der Waals surface area (Å²) in [5.41, 5.74) is 0.679. The Morgan fingerprint density at radius 3 is 2.18 bits per heavy atom. The zero-order valence-electron chi connectivity index (χ0n) is 14.3. The maximum Gasteiger partial charge on any atom is 0.459 e. The predicted molar refractivity (Wildman–Crippen MR) is 88.1 cm³/mol. The van der Waals surface area contributed by atoms with Crippen LogP contribution >= 0.6 is 0 Å². The third kappa shape index (κ3) is 2.03. The van der Waals surface area contributed by atoms with Crippen LogP contribution in [0.3, 0.4) is 0 Å². The van der Waals surface area contributed by atoms with E-state index < -0.39 is 5.41 Å². The topological polar surface area (TPSA) is 38.8 Å². The standard InChI is InChI=1S/C17H24BNO3/c1-15(2)16(3,4)22-18(21-15)11-17(5)12-9-7-8-10-13(12)19(6)14(17)20/h7-10H,11H2,1-6H3/t17-/m1/s1. The van der Waals surface area contributed by atoms with Crippen molar-refractivity contribution in [3.8, 4) is 0 Å². The van der Waals surface area contributed by atoms with E-state index in [4.69, 9.17) is 9.31 Å². The van der Waals surface area contributed by atoms with Crippen LogP contribution in [0.5, 0.6) is 0 Å². The highest BCUT2D eigenvalue weighted by Crippen LogP contribution is 2.47. The Bertz CT molecular complexity index is 612. The van der Waals surface area contributed by atoms with Crippen molar-refractivity contribution in [3.63, 3.8) is 0 Å². The van der Waals surface area contributed by atoms with Crippen molar-refractivity contribution in [1.29, 1.82) is 0 Å². The number of likely N-dealkylation sites (N-methyl/N-ethyl adjacent to an activating group) is 1. The van der Waals surface area contributed by atoms with Crippen LogP contribution in [0, 0.1) is 0 Å². The van der Waals surface area contributed by atoms with Gasteiger partial charge >= 0.3 is 7.12 Å². The van der Waals surface area contributed by atoms with Crippen LogP contribution in [0.1, 0.15) is 40.2 Å². The number of nitrogens with zero attached hydrogens (tertiary/aromatic N) is 1. The van der Waals surface area contributed by atoms with Gasteiger partial charge in [-0.15, -0.1) is 0 Å². The van der Waals surface area contributed by atoms with Gasteiger partial charge in [0.25, 0.3) is 0 Å². The second-order valence-electron chi connectivity index (χ2n) is 7.60. The minimum absolute atomic E-state index is 0.100. The molecule has 2 aliphatic rings. The van der Waals surface area contributed by atoms with Crippen LogP contribution < -0.4 is 4.90 Å². The van der Waals surface area contributed by atoms with E-state index in [0.717, 1.165) is 11.3 Å². The molecule has 0 bridgehead atoms. The van der Waals surface area contributed by atoms with Gasteiger partial charge in [-0.2, -0.15) is 0 Å². The highest BCUT2D eigenvalue weighted by atomic mass is 16.7. The lowest BCUT2D eigenvalue weighted by Crippen LogP contribution is -2.41. The summed E-state index contributed by atoms with van der Waals surface area (Å²) >= 11 is 0. The minimum Gasteiger partial charge on any atom is -0.403 e. The summed E-state index contributed by atoms with van der Waals surface area (Å²) in [5.74, 6) is 0.100. The van der Waals surface area contributed by atoms with Crippen molar-refractivity contribution < 1.29 is 14.1 Å². The summed E-state index contributed by atoms with van der Waals surface area (Å²) < 4.78 is 12.2. The fourth-order valence-corrected chi connectivity index (χ4v) is 3.41. The number of amides is 1. The van der Waals surface area contributed by atoms with E-state index in [0.29, 0.717) is 6.32 Å². The highest BCUT2D eigenvalue weighted by molar-refractivity contribution is 6.47. The molecule has 0 unspecified atom stereocenters. The normalized spacial score (nSPS) is 29.1. The first kappa shape index (κ1) is 15.6. The Kier molecular flexibility index (Phi) is 3.25. The molecule has 22 heavy (non-hydrogen) atoms. The number of anilines is 1. The number of para-hydroxylation sites is 1. The summed E-state index contributed by atoms with van der Waals surface area (Å²) in [6, 6.07) is 7.96. The lowest BCUT2D eigenvalue weighted by Gasteiger charge is -2.32. The Morgan fingerprint density at radius 2 is 1.59 bits per heavy atom. The second kappa shape index (κ2) is 4.59. The van der Waals surface area contributed by atoms with Crippen molar-refractivity contribution in [2.24, 2.45) is 0 Å². The molecule has 4 nitrogen and oxygen atoms in total. The van der Waals surface area contributed by atoms with E-state index in [1.165, 1.54) is 0 Å². The van der Waals surface area contributed by atoms with Gasteiger partial charge in [0.1, 0.15) is 0 Å². The van der Waals surface area contributed by atoms with Gasteiger partial charge in [-0.1, -0.05) is 18.2 Å². The maximum atomic E-state index is 12.8. The number of hydrogen-bond acceptors (Lipinski definition) is 3. The van der Waals surface area contributed by atoms with Gasteiger partial charge in [-0.25, -0.2) is 0 Å². The first-order chi connectivity index (χ1) is 10.1. The monoisotopic (exact) mass is 301 g/mol. The molecule has 118 valence electrons. The zero-order valence-corrected chi connectivity index (χ0v) is 14.3. The molecule has 0 aromatic heterocycles. The van der Waals surface area contributed by atoms with Gasteiger partial charge in [0.05, 0.1) is 16.6 Å². The van der Waals surface area contributed by atoms with Crippen molar-refractivity contribution in [1.82, 2.24) is 0 Å². The van der Waals surface area contributed by atoms with E-state index in [1.807, 2.05) is 65.9 Å². The van der Waals surface area contributed by atoms with Crippen LogP contribution in [0.25, 0.3) is 0 Å². The molecule has 0 spiro atoms. The number of hydrogen-bond donors (Lipinski definition) is 0. The fraction of sp³-hybridized carbons (Fsp3) is 0.588. The quantitative estimate of drug-likeness (QED) is 0.788. The molecule has 0 N–H and O–H groups in total. The fourth-order valence-electron chi connectivity index (χ4n) is 3.41. The average molecular weight is 301 g/mol. The molecule has 1 aromatic rings. The zero-order chi connectivity index (χ0) is 16.3. The van der Waals surface area contributed by atoms with Crippen LogP contribution in [-0.2, 0) is 19.5 Å². The van der Waals surface area contributed by atoms with E-state index >= 15 is 0 Å². The molecule has 0 aliphatic carbocycles. The Hall–Kier alpha value is -1.33. The smallest absolute Gasteiger partial charge is 0.403 e. The molecular formula is C17H24BNO3. The maximum absolute atomic E-state index is 12.8. The largest absolute Gasteiger partial charge is 0.459 e. The number of fused-ring (bicyclic) bond motifs is 1. The Morgan fingerprint density at radius 1 is 1.05 bits per heavy atom. The minimum atomic E-state index is -0.605. The van der Waals surface area contributed by atoms with Crippen LogP contribution in [0.15, 0.2) is 24.3 Å². The lowest BCUT2D eigenvalue weighted by atomic mass is 9.66. The van der Waals surface area contributed by atoms with Crippen molar-refractivity contribution in [2.45, 2.75) is 57.6 Å². The first-order valence-electron chi connectivity index (χ1n) is 7.82. The van der Waals surface area contributed by atoms with Crippen LogP contribution in [0.2, 0.25) is 6.32 Å². The molecule has 0 saturated carbocycles. The van der Waals surface area contributed by atoms with Gasteiger partial charge in [0, 0.05) is 19.1 Å². The molecule has 1 aromatic carbocycles. The summed E-state index contributed by atoms with van der Waals surface area (Å²) in [7, 11) is 1.45. The molecule has 0 radical (unpaired) electrons. The molecule has 2 aliphatic heterocycles. The summed E-state index contributed by atoms with van der Waals surface area (Å²) in [6.45, 7) is 10.1. The number of carbonyl (C=O) groups is 1. The van der Waals surface area contributed by atoms with Crippen molar-refractivity contribution in [2.75, 3.05) is 11.9 Å². The number of rotatable bonds is 2. The third-order valence-electron chi connectivity index (χ3n) is 5.51. The van der Waals surface area contributed by atoms with Gasteiger partial charge < -0.3 is 14.2 Å². The van der Waals surface area contributed by atoms with E-state index in [-0.39, 0.29) is 24.2 Å². The molecule has 1 saturated heterocycles. The van der Waals surface area contributed by atoms with Crippen molar-refractivity contribution >= 4 is 18.7 Å². The third-order valence-corrected chi connectivity index (χ3v) is 5.51. The molecule has 5 heteroatoms. The van der Waals surface area contributed by atoms with Gasteiger partial charge in [0.15, 0.2) is 0 Å². The molecule has 1 fully saturated rings. The van der Waals surface area contributed by atoms with Crippen LogP contribution in [-0.4, -0.2) is 31.3 Å². The summed E-state index contributed by atoms with van der Waals surface area (Å²) in [6.07, 6.45) is 0.528. The first-order valence-corrected chi connectivity index (χ1v) is 7.82. The number of benzene rings is 1. The van der Waals surface area contributed by atoms with E-state index in [1.54, 1.807) is 4.90 Å². The van der Waals surface area contributed by atoms with Gasteiger partial charge in [0.2, 0.25) is 5.91 Å². The molecule has 1 amide bonds. The van der Waals surface area contributed by atoms with E-state index in [2.05, 4.69) is 0 Å². The number of carbonyl (C=O) groups excluding carboxylic acids is 1. The summed E-state index contributed by atoms with van der Waals surface area (Å²) in [5, 5.41) is 0. The Labute approximate surface area is 132 Å². The SMILES string of the molecule is CN1C(=O)[C@](C)(CB2OC(C)(C)C(C)(C)O2)c2ccccc21. The highest BCUT2D eigenvalue weighted by Gasteiger charge is 2.56. The summed E-state index contributed by atoms with van der Waals surface area (Å²) in [4.78, 5) is 14.5. The predicted octanol–water partition coefficient (Wildman–Crippen LogP) is 3.01. The van der Waals surface area contributed by atoms with Gasteiger partial charge in [-0.3, -0.25) is 4.79 Å². The lowest BCUT2D eigenvalue weighted by molar-refractivity contribution is -0.121. The van der Waals surface area contributed by atoms with Crippen LogP contribution in [0.4, 0.5) is 5.69 Å². The molecule has 3 rings (SSSR count). The van der Waals surface area contributed by atoms with Crippen molar-refractivity contribution in [3.05, 3.63) is 29.8 Å². The average Bonchev–Trinajstić information content (AvgIpc) is 2.74. The molecule has 1 atom stereocenters. The second-order valence-corrected chi connectivity index (χ2v) is 7.60. The Balaban J connectivity index is 1.91.